The Morgan fingerprint density at radius 2 is 2.04 bits per heavy atom. The molecule has 126 valence electrons. The van der Waals surface area contributed by atoms with Gasteiger partial charge in [0.2, 0.25) is 0 Å². The summed E-state index contributed by atoms with van der Waals surface area (Å²) in [7, 11) is 0. The van der Waals surface area contributed by atoms with Gasteiger partial charge in [-0.15, -0.1) is 0 Å². The normalized spacial score (nSPS) is 18.0. The molecule has 2 aromatic carbocycles. The molecule has 1 heterocycles. The Labute approximate surface area is 146 Å². The molecule has 0 radical (unpaired) electrons. The van der Waals surface area contributed by atoms with E-state index in [2.05, 4.69) is 34.5 Å². The van der Waals surface area contributed by atoms with Crippen LogP contribution in [0.2, 0.25) is 5.02 Å². The van der Waals surface area contributed by atoms with E-state index >= 15 is 0 Å². The van der Waals surface area contributed by atoms with E-state index in [-0.39, 0.29) is 5.69 Å². The maximum absolute atomic E-state index is 10.7. The molecule has 1 unspecified atom stereocenters. The van der Waals surface area contributed by atoms with Crippen LogP contribution < -0.4 is 5.32 Å². The summed E-state index contributed by atoms with van der Waals surface area (Å²) in [4.78, 5) is 12.7. The number of nitrogens with one attached hydrogen (secondary N) is 1. The molecule has 1 atom stereocenters. The summed E-state index contributed by atoms with van der Waals surface area (Å²) in [6.07, 6.45) is 1.09. The average molecular weight is 346 g/mol. The van der Waals surface area contributed by atoms with Gasteiger partial charge in [0, 0.05) is 44.4 Å². The van der Waals surface area contributed by atoms with E-state index < -0.39 is 4.92 Å². The molecule has 1 aliphatic heterocycles. The predicted molar refractivity (Wildman–Crippen MR) is 95.1 cm³/mol. The van der Waals surface area contributed by atoms with Crippen molar-refractivity contribution in [3.63, 3.8) is 0 Å². The Bertz CT molecular complexity index is 709. The average Bonchev–Trinajstić information content (AvgIpc) is 3.02. The molecule has 0 amide bonds. The summed E-state index contributed by atoms with van der Waals surface area (Å²) < 4.78 is 0. The Hall–Kier alpha value is -1.95. The maximum Gasteiger partial charge on any atom is 0.270 e. The second-order valence-corrected chi connectivity index (χ2v) is 6.53. The van der Waals surface area contributed by atoms with Crippen LogP contribution in [0.25, 0.3) is 0 Å². The van der Waals surface area contributed by atoms with Crippen molar-refractivity contribution in [3.8, 4) is 0 Å². The summed E-state index contributed by atoms with van der Waals surface area (Å²) in [6, 6.07) is 15.5. The lowest BCUT2D eigenvalue weighted by Crippen LogP contribution is -2.32. The molecule has 2 aromatic rings. The van der Waals surface area contributed by atoms with Crippen molar-refractivity contribution in [3.05, 3.63) is 74.8 Å². The van der Waals surface area contributed by atoms with Crippen molar-refractivity contribution in [2.24, 2.45) is 0 Å². The first-order valence-electron chi connectivity index (χ1n) is 8.04. The molecule has 6 heteroatoms. The predicted octanol–water partition coefficient (Wildman–Crippen LogP) is 3.61. The number of hydrogen-bond acceptors (Lipinski definition) is 4. The summed E-state index contributed by atoms with van der Waals surface area (Å²) in [5, 5.41) is 14.7. The van der Waals surface area contributed by atoms with E-state index in [4.69, 9.17) is 11.6 Å². The molecular formula is C18H20ClN3O2. The summed E-state index contributed by atoms with van der Waals surface area (Å²) in [5.74, 6) is 0. The van der Waals surface area contributed by atoms with Crippen molar-refractivity contribution in [2.75, 3.05) is 13.1 Å². The summed E-state index contributed by atoms with van der Waals surface area (Å²) in [5.41, 5.74) is 2.25. The van der Waals surface area contributed by atoms with E-state index in [9.17, 15) is 10.1 Å². The third kappa shape index (κ3) is 4.32. The second kappa shape index (κ2) is 7.75. The minimum atomic E-state index is -0.429. The smallest absolute Gasteiger partial charge is 0.270 e. The molecule has 1 saturated heterocycles. The van der Waals surface area contributed by atoms with Crippen molar-refractivity contribution in [2.45, 2.75) is 25.6 Å². The molecule has 1 fully saturated rings. The largest absolute Gasteiger partial charge is 0.309 e. The monoisotopic (exact) mass is 345 g/mol. The van der Waals surface area contributed by atoms with Crippen LogP contribution >= 0.6 is 11.6 Å². The van der Waals surface area contributed by atoms with Gasteiger partial charge in [0.05, 0.1) is 9.95 Å². The van der Waals surface area contributed by atoms with Gasteiger partial charge in [-0.2, -0.15) is 0 Å². The van der Waals surface area contributed by atoms with Gasteiger partial charge in [0.25, 0.3) is 5.69 Å². The molecule has 0 aromatic heterocycles. The lowest BCUT2D eigenvalue weighted by atomic mass is 10.2. The summed E-state index contributed by atoms with van der Waals surface area (Å²) >= 11 is 6.14. The van der Waals surface area contributed by atoms with Crippen LogP contribution in [-0.2, 0) is 13.1 Å². The molecule has 24 heavy (non-hydrogen) atoms. The van der Waals surface area contributed by atoms with Crippen molar-refractivity contribution in [1.82, 2.24) is 10.2 Å². The van der Waals surface area contributed by atoms with E-state index in [1.54, 1.807) is 6.07 Å². The van der Waals surface area contributed by atoms with Gasteiger partial charge in [0.1, 0.15) is 0 Å². The van der Waals surface area contributed by atoms with Gasteiger partial charge in [-0.25, -0.2) is 0 Å². The van der Waals surface area contributed by atoms with Gasteiger partial charge in [-0.05, 0) is 23.6 Å². The molecule has 0 saturated carbocycles. The maximum atomic E-state index is 10.7. The highest BCUT2D eigenvalue weighted by Crippen LogP contribution is 2.23. The van der Waals surface area contributed by atoms with Crippen molar-refractivity contribution in [1.29, 1.82) is 0 Å². The minimum Gasteiger partial charge on any atom is -0.309 e. The number of rotatable bonds is 6. The quantitative estimate of drug-likeness (QED) is 0.641. The molecule has 1 aliphatic rings. The highest BCUT2D eigenvalue weighted by atomic mass is 35.5. The van der Waals surface area contributed by atoms with Crippen LogP contribution in [0.5, 0.6) is 0 Å². The first kappa shape index (κ1) is 16.9. The van der Waals surface area contributed by atoms with Crippen LogP contribution in [0.4, 0.5) is 5.69 Å². The van der Waals surface area contributed by atoms with Gasteiger partial charge in [0.15, 0.2) is 0 Å². The molecule has 0 bridgehead atoms. The lowest BCUT2D eigenvalue weighted by molar-refractivity contribution is -0.384. The number of nitro benzene ring substituents is 1. The van der Waals surface area contributed by atoms with E-state index in [1.165, 1.54) is 17.7 Å². The molecular weight excluding hydrogens is 326 g/mol. The molecule has 3 rings (SSSR count). The fourth-order valence-electron chi connectivity index (χ4n) is 3.03. The number of benzene rings is 2. The fraction of sp³-hybridized carbons (Fsp3) is 0.333. The Kier molecular flexibility index (Phi) is 5.45. The third-order valence-electron chi connectivity index (χ3n) is 4.35. The molecule has 0 spiro atoms. The third-order valence-corrected chi connectivity index (χ3v) is 4.70. The van der Waals surface area contributed by atoms with Crippen LogP contribution in [0.15, 0.2) is 48.5 Å². The first-order chi connectivity index (χ1) is 11.6. The van der Waals surface area contributed by atoms with Gasteiger partial charge < -0.3 is 5.32 Å². The van der Waals surface area contributed by atoms with Crippen molar-refractivity contribution >= 4 is 17.3 Å². The zero-order valence-corrected chi connectivity index (χ0v) is 14.1. The van der Waals surface area contributed by atoms with Crippen LogP contribution in [-0.4, -0.2) is 29.0 Å². The Balaban J connectivity index is 1.50. The van der Waals surface area contributed by atoms with Crippen LogP contribution in [0, 0.1) is 10.1 Å². The highest BCUT2D eigenvalue weighted by Gasteiger charge is 2.22. The topological polar surface area (TPSA) is 58.4 Å². The number of non-ortho nitro benzene ring substituents is 1. The van der Waals surface area contributed by atoms with Crippen LogP contribution in [0.3, 0.4) is 0 Å². The number of nitro groups is 1. The van der Waals surface area contributed by atoms with Gasteiger partial charge in [-0.1, -0.05) is 41.9 Å². The SMILES string of the molecule is O=[N+]([O-])c1ccc(CNC2CCN(Cc3ccccc3)C2)c(Cl)c1. The van der Waals surface area contributed by atoms with E-state index in [0.717, 1.165) is 31.6 Å². The zero-order chi connectivity index (χ0) is 16.9. The standard InChI is InChI=1S/C18H20ClN3O2/c19-18-10-17(22(23)24)7-6-15(18)11-20-16-8-9-21(13-16)12-14-4-2-1-3-5-14/h1-7,10,16,20H,8-9,11-13H2. The number of halogens is 1. The van der Waals surface area contributed by atoms with E-state index in [1.807, 2.05) is 6.07 Å². The summed E-state index contributed by atoms with van der Waals surface area (Å²) in [6.45, 7) is 3.66. The molecule has 1 N–H and O–H groups in total. The number of likely N-dealkylation sites (tertiary alicyclic amines) is 1. The van der Waals surface area contributed by atoms with E-state index in [0.29, 0.717) is 17.6 Å². The fourth-order valence-corrected chi connectivity index (χ4v) is 3.27. The highest BCUT2D eigenvalue weighted by molar-refractivity contribution is 6.31. The Morgan fingerprint density at radius 1 is 1.25 bits per heavy atom. The number of nitrogens with zero attached hydrogens (tertiary/aromatic N) is 2. The minimum absolute atomic E-state index is 0.0265. The van der Waals surface area contributed by atoms with Crippen LogP contribution in [0.1, 0.15) is 17.5 Å². The van der Waals surface area contributed by atoms with Gasteiger partial charge in [-0.3, -0.25) is 15.0 Å². The zero-order valence-electron chi connectivity index (χ0n) is 13.3. The van der Waals surface area contributed by atoms with Gasteiger partial charge >= 0.3 is 0 Å². The molecule has 0 aliphatic carbocycles. The Morgan fingerprint density at radius 3 is 2.75 bits per heavy atom. The number of hydrogen-bond donors (Lipinski definition) is 1. The lowest BCUT2D eigenvalue weighted by Gasteiger charge is -2.17. The first-order valence-corrected chi connectivity index (χ1v) is 8.42. The second-order valence-electron chi connectivity index (χ2n) is 6.12. The molecule has 5 nitrogen and oxygen atoms in total. The van der Waals surface area contributed by atoms with Crippen molar-refractivity contribution < 1.29 is 4.92 Å².